The first-order chi connectivity index (χ1) is 19.6. The molecule has 1 aromatic heterocycles. The number of ether oxygens (including phenoxy) is 2. The van der Waals surface area contributed by atoms with Crippen LogP contribution in [-0.2, 0) is 24.6 Å². The number of hydrogen-bond donors (Lipinski definition) is 3. The Hall–Kier alpha value is -2.65. The lowest BCUT2D eigenvalue weighted by Gasteiger charge is -2.38. The normalized spacial score (nSPS) is 20.4. The van der Waals surface area contributed by atoms with Gasteiger partial charge in [0, 0.05) is 37.3 Å². The van der Waals surface area contributed by atoms with Crippen molar-refractivity contribution >= 4 is 30.8 Å². The molecule has 2 aliphatic heterocycles. The van der Waals surface area contributed by atoms with Gasteiger partial charge in [-0.25, -0.2) is 16.8 Å². The second-order valence-electron chi connectivity index (χ2n) is 10.5. The van der Waals surface area contributed by atoms with Crippen molar-refractivity contribution in [2.45, 2.75) is 46.8 Å². The molecule has 0 amide bonds. The Labute approximate surface area is 240 Å². The van der Waals surface area contributed by atoms with Gasteiger partial charge in [-0.2, -0.15) is 4.31 Å². The summed E-state index contributed by atoms with van der Waals surface area (Å²) in [5, 5.41) is 23.6. The highest BCUT2D eigenvalue weighted by Gasteiger charge is 2.44. The average Bonchev–Trinajstić information content (AvgIpc) is 3.37. The smallest absolute Gasteiger partial charge is 0.243 e. The van der Waals surface area contributed by atoms with Crippen molar-refractivity contribution in [2.75, 3.05) is 45.2 Å². The van der Waals surface area contributed by atoms with Crippen LogP contribution in [0, 0.1) is 0 Å². The fourth-order valence-electron chi connectivity index (χ4n) is 5.36. The van der Waals surface area contributed by atoms with Crippen LogP contribution in [0.1, 0.15) is 19.3 Å². The maximum atomic E-state index is 13.3. The summed E-state index contributed by atoms with van der Waals surface area (Å²) in [6.45, 7) is 0.930. The summed E-state index contributed by atoms with van der Waals surface area (Å²) in [6, 6.07) is 14.7. The molecule has 2 atom stereocenters. The molecule has 11 nitrogen and oxygen atoms in total. The van der Waals surface area contributed by atoms with Crippen molar-refractivity contribution in [3.8, 4) is 5.75 Å². The third-order valence-corrected chi connectivity index (χ3v) is 11.3. The van der Waals surface area contributed by atoms with Gasteiger partial charge in [-0.15, -0.1) is 0 Å². The molecule has 0 radical (unpaired) electrons. The third-order valence-electron chi connectivity index (χ3n) is 7.67. The van der Waals surface area contributed by atoms with Gasteiger partial charge >= 0.3 is 0 Å². The summed E-state index contributed by atoms with van der Waals surface area (Å²) in [5.74, 6) is -0.0582. The summed E-state index contributed by atoms with van der Waals surface area (Å²) < 4.78 is 64.2. The van der Waals surface area contributed by atoms with Gasteiger partial charge in [-0.3, -0.25) is 4.98 Å². The fraction of sp³-hybridized carbons (Fsp3) is 0.464. The van der Waals surface area contributed by atoms with Gasteiger partial charge in [0.15, 0.2) is 9.84 Å². The van der Waals surface area contributed by atoms with E-state index in [4.69, 9.17) is 14.6 Å². The standard InChI is InChI=1S/C28H35N3O8S2/c32-13-14-40(34,35)25-5-1-4-24(15-25)38-20-23(33)18-30-22-17-28(39-19-22)8-11-31(12-9-28)41(36,37)26-7-6-21-3-2-10-29-27(21)16-26/h1-7,10,15-16,22-23,30,32-33H,8-9,11-14,17-20H2. The van der Waals surface area contributed by atoms with Crippen molar-refractivity contribution < 1.29 is 36.5 Å². The molecule has 0 aliphatic carbocycles. The van der Waals surface area contributed by atoms with E-state index in [1.165, 1.54) is 16.4 Å². The molecule has 3 N–H and O–H groups in total. The minimum atomic E-state index is -3.65. The maximum Gasteiger partial charge on any atom is 0.243 e. The molecule has 2 saturated heterocycles. The molecule has 0 saturated carbocycles. The van der Waals surface area contributed by atoms with Gasteiger partial charge in [0.1, 0.15) is 18.5 Å². The second kappa shape index (κ2) is 12.3. The first kappa shape index (κ1) is 29.8. The first-order valence-electron chi connectivity index (χ1n) is 13.6. The Balaban J connectivity index is 1.09. The lowest BCUT2D eigenvalue weighted by atomic mass is 9.88. The van der Waals surface area contributed by atoms with Crippen molar-refractivity contribution in [3.05, 3.63) is 60.8 Å². The Kier molecular flexibility index (Phi) is 8.95. The van der Waals surface area contributed by atoms with E-state index in [0.717, 1.165) is 5.39 Å². The highest BCUT2D eigenvalue weighted by atomic mass is 32.2. The molecular formula is C28H35N3O8S2. The summed E-state index contributed by atoms with van der Waals surface area (Å²) >= 11 is 0. The van der Waals surface area contributed by atoms with Crippen LogP contribution >= 0.6 is 0 Å². The minimum Gasteiger partial charge on any atom is -0.491 e. The molecule has 3 aromatic rings. The van der Waals surface area contributed by atoms with Crippen LogP contribution in [0.5, 0.6) is 5.75 Å². The van der Waals surface area contributed by atoms with Crippen LogP contribution in [0.3, 0.4) is 0 Å². The van der Waals surface area contributed by atoms with Crippen LogP contribution in [0.15, 0.2) is 70.6 Å². The highest BCUT2D eigenvalue weighted by Crippen LogP contribution is 2.37. The fourth-order valence-corrected chi connectivity index (χ4v) is 7.88. The van der Waals surface area contributed by atoms with Crippen molar-refractivity contribution in [2.24, 2.45) is 0 Å². The summed E-state index contributed by atoms with van der Waals surface area (Å²) in [4.78, 5) is 4.57. The summed E-state index contributed by atoms with van der Waals surface area (Å²) in [6.07, 6.45) is 2.67. The summed E-state index contributed by atoms with van der Waals surface area (Å²) in [5.41, 5.74) is 0.235. The number of hydrogen-bond acceptors (Lipinski definition) is 10. The van der Waals surface area contributed by atoms with E-state index >= 15 is 0 Å². The lowest BCUT2D eigenvalue weighted by molar-refractivity contribution is -0.0312. The number of aromatic nitrogens is 1. The van der Waals surface area contributed by atoms with Crippen molar-refractivity contribution in [1.82, 2.24) is 14.6 Å². The Morgan fingerprint density at radius 2 is 1.88 bits per heavy atom. The highest BCUT2D eigenvalue weighted by molar-refractivity contribution is 7.91. The molecule has 2 aliphatic rings. The quantitative estimate of drug-likeness (QED) is 0.292. The van der Waals surface area contributed by atoms with Gasteiger partial charge in [0.25, 0.3) is 0 Å². The van der Waals surface area contributed by atoms with Crippen LogP contribution in [0.4, 0.5) is 0 Å². The topological polar surface area (TPSA) is 155 Å². The molecule has 41 heavy (non-hydrogen) atoms. The molecule has 2 aromatic carbocycles. The lowest BCUT2D eigenvalue weighted by Crippen LogP contribution is -2.47. The first-order valence-corrected chi connectivity index (χ1v) is 16.7. The number of aliphatic hydroxyl groups excluding tert-OH is 2. The number of pyridine rings is 1. The number of benzene rings is 2. The Morgan fingerprint density at radius 1 is 1.07 bits per heavy atom. The van der Waals surface area contributed by atoms with E-state index in [1.54, 1.807) is 36.5 Å². The number of piperidine rings is 1. The van der Waals surface area contributed by atoms with Gasteiger partial charge in [-0.05, 0) is 55.7 Å². The molecule has 0 bridgehead atoms. The number of nitrogens with zero attached hydrogens (tertiary/aromatic N) is 2. The number of sulfonamides is 1. The van der Waals surface area contributed by atoms with Gasteiger partial charge in [0.05, 0.1) is 39.9 Å². The zero-order chi connectivity index (χ0) is 29.1. The number of rotatable bonds is 11. The molecule has 3 heterocycles. The minimum absolute atomic E-state index is 0.00585. The maximum absolute atomic E-state index is 13.3. The van der Waals surface area contributed by atoms with Gasteiger partial charge in [-0.1, -0.05) is 18.2 Å². The zero-order valence-electron chi connectivity index (χ0n) is 22.6. The van der Waals surface area contributed by atoms with E-state index in [-0.39, 0.29) is 34.7 Å². The van der Waals surface area contributed by atoms with E-state index in [2.05, 4.69) is 10.3 Å². The molecule has 222 valence electrons. The monoisotopic (exact) mass is 605 g/mol. The molecule has 13 heteroatoms. The predicted molar refractivity (Wildman–Crippen MR) is 152 cm³/mol. The SMILES string of the molecule is O=S(=O)(CCO)c1cccc(OCC(O)CNC2COC3(CCN(S(=O)(=O)c4ccc5cccnc5c4)CC3)C2)c1. The predicted octanol–water partition coefficient (Wildman–Crippen LogP) is 1.34. The average molecular weight is 606 g/mol. The van der Waals surface area contributed by atoms with Crippen LogP contribution in [0.25, 0.3) is 10.9 Å². The van der Waals surface area contributed by atoms with Crippen LogP contribution in [0.2, 0.25) is 0 Å². The van der Waals surface area contributed by atoms with Crippen LogP contribution < -0.4 is 10.1 Å². The van der Waals surface area contributed by atoms with E-state index in [9.17, 15) is 21.9 Å². The summed E-state index contributed by atoms with van der Waals surface area (Å²) in [7, 11) is -7.25. The van der Waals surface area contributed by atoms with Gasteiger partial charge < -0.3 is 25.0 Å². The zero-order valence-corrected chi connectivity index (χ0v) is 24.2. The number of sulfone groups is 1. The number of nitrogens with one attached hydrogen (secondary N) is 1. The largest absolute Gasteiger partial charge is 0.491 e. The molecule has 5 rings (SSSR count). The van der Waals surface area contributed by atoms with Crippen molar-refractivity contribution in [1.29, 1.82) is 0 Å². The Bertz CT molecular complexity index is 1570. The Morgan fingerprint density at radius 3 is 2.66 bits per heavy atom. The van der Waals surface area contributed by atoms with E-state index in [0.29, 0.717) is 50.2 Å². The number of aliphatic hydroxyl groups is 2. The van der Waals surface area contributed by atoms with E-state index in [1.807, 2.05) is 12.1 Å². The second-order valence-corrected chi connectivity index (χ2v) is 14.6. The van der Waals surface area contributed by atoms with Crippen LogP contribution in [-0.4, -0.2) is 99.3 Å². The molecule has 2 unspecified atom stereocenters. The third kappa shape index (κ3) is 6.88. The molecule has 2 fully saturated rings. The molecular weight excluding hydrogens is 570 g/mol. The number of fused-ring (bicyclic) bond motifs is 1. The van der Waals surface area contributed by atoms with Gasteiger partial charge in [0.2, 0.25) is 10.0 Å². The van der Waals surface area contributed by atoms with E-state index < -0.39 is 38.2 Å². The van der Waals surface area contributed by atoms with Crippen molar-refractivity contribution in [3.63, 3.8) is 0 Å². The molecule has 1 spiro atoms.